The number of nitrogens with one attached hydrogen (secondary N) is 3. The highest BCUT2D eigenvalue weighted by atomic mass is 32.2. The van der Waals surface area contributed by atoms with Crippen molar-refractivity contribution in [2.75, 3.05) is 43.0 Å². The minimum Gasteiger partial charge on any atom is -0.489 e. The van der Waals surface area contributed by atoms with E-state index in [9.17, 15) is 32.8 Å². The van der Waals surface area contributed by atoms with E-state index in [-0.39, 0.29) is 57.9 Å². The third-order valence-corrected chi connectivity index (χ3v) is 16.9. The lowest BCUT2D eigenvalue weighted by molar-refractivity contribution is -0.384. The number of hydrogen-bond donors (Lipinski definition) is 4. The van der Waals surface area contributed by atoms with Gasteiger partial charge in [-0.25, -0.2) is 22.5 Å². The molecule has 0 bridgehead atoms. The monoisotopic (exact) mass is 949 g/mol. The van der Waals surface area contributed by atoms with Crippen LogP contribution in [0, 0.1) is 34.2 Å². The molecule has 3 aliphatic heterocycles. The van der Waals surface area contributed by atoms with Crippen molar-refractivity contribution in [3.05, 3.63) is 105 Å². The van der Waals surface area contributed by atoms with Gasteiger partial charge in [0.15, 0.2) is 11.4 Å². The van der Waals surface area contributed by atoms with Crippen LogP contribution in [-0.4, -0.2) is 89.7 Å². The van der Waals surface area contributed by atoms with Gasteiger partial charge in [0.25, 0.3) is 21.6 Å². The van der Waals surface area contributed by atoms with Crippen LogP contribution in [0.4, 0.5) is 21.5 Å². The van der Waals surface area contributed by atoms with E-state index in [0.717, 1.165) is 50.8 Å². The Hall–Kier alpha value is -5.78. The van der Waals surface area contributed by atoms with Crippen molar-refractivity contribution in [2.45, 2.75) is 120 Å². The third-order valence-electron chi connectivity index (χ3n) is 15.6. The molecule has 4 N–H and O–H groups in total. The van der Waals surface area contributed by atoms with Gasteiger partial charge in [0, 0.05) is 62.3 Å². The Kier molecular flexibility index (Phi) is 11.9. The Balaban J connectivity index is 0.874. The molecule has 5 heterocycles. The molecule has 5 aliphatic rings. The van der Waals surface area contributed by atoms with Crippen LogP contribution in [0.1, 0.15) is 118 Å². The number of carbonyl (C=O) groups excluding carboxylic acids is 1. The molecular weight excluding hydrogens is 890 g/mol. The number of hydrogen-bond acceptors (Lipinski definition) is 12. The zero-order valence-electron chi connectivity index (χ0n) is 39.0. The van der Waals surface area contributed by atoms with Crippen molar-refractivity contribution in [1.29, 1.82) is 0 Å². The van der Waals surface area contributed by atoms with E-state index in [1.165, 1.54) is 54.8 Å². The number of benzene rings is 3. The molecule has 17 heteroatoms. The number of ether oxygens (including phenoxy) is 2. The van der Waals surface area contributed by atoms with E-state index in [1.807, 2.05) is 0 Å². The lowest BCUT2D eigenvalue weighted by Gasteiger charge is -2.57. The molecule has 2 aromatic heterocycles. The standard InChI is InChI=1S/C51H60FN7O8S/c1-30(2)35-8-5-6-9-36(35)37-10-7-11-42(37)58-28-51(29-58)18-20-57(21-19-51)33-12-13-38(45(22-33)67-44-25-39-40(52)26-53-48(39)54-31(44)3)49(60)56-68(64,65)34-23-43(59(62)63)47-46(24-34)66-27-41(55-47)32-14-16-50(4,61)17-15-32/h5-6,8-9,12-13,22-26,30,32,37,41-42,55,61H,7,10-11,14-21,27-29H2,1-4H3,(H,53,54)(H,56,60)/t32?,37-,41-,42-,50?/m1/s1. The van der Waals surface area contributed by atoms with Gasteiger partial charge in [-0.15, -0.1) is 0 Å². The van der Waals surface area contributed by atoms with Gasteiger partial charge in [0.1, 0.15) is 29.6 Å². The zero-order valence-corrected chi connectivity index (χ0v) is 39.8. The van der Waals surface area contributed by atoms with Gasteiger partial charge in [-0.05, 0) is 118 Å². The molecule has 10 rings (SSSR count). The highest BCUT2D eigenvalue weighted by Gasteiger charge is 2.49. The lowest BCUT2D eigenvalue weighted by atomic mass is 9.70. The Labute approximate surface area is 396 Å². The summed E-state index contributed by atoms with van der Waals surface area (Å²) in [6.07, 6.45) is 9.42. The van der Waals surface area contributed by atoms with Crippen LogP contribution >= 0.6 is 0 Å². The maximum atomic E-state index is 14.8. The molecule has 68 heavy (non-hydrogen) atoms. The van der Waals surface area contributed by atoms with E-state index >= 15 is 0 Å². The van der Waals surface area contributed by atoms with Crippen LogP contribution in [0.3, 0.4) is 0 Å². The second kappa shape index (κ2) is 17.6. The number of nitrogens with zero attached hydrogens (tertiary/aromatic N) is 4. The number of fused-ring (bicyclic) bond motifs is 2. The fourth-order valence-electron chi connectivity index (χ4n) is 11.7. The number of aromatic amines is 1. The molecule has 3 atom stereocenters. The van der Waals surface area contributed by atoms with Crippen LogP contribution < -0.4 is 24.4 Å². The average Bonchev–Trinajstić information content (AvgIpc) is 3.93. The number of halogens is 1. The molecule has 2 saturated heterocycles. The number of pyridine rings is 1. The summed E-state index contributed by atoms with van der Waals surface area (Å²) in [5.74, 6) is -0.278. The van der Waals surface area contributed by atoms with Crippen molar-refractivity contribution in [3.8, 4) is 17.2 Å². The van der Waals surface area contributed by atoms with Crippen molar-refractivity contribution in [1.82, 2.24) is 19.6 Å². The predicted octanol–water partition coefficient (Wildman–Crippen LogP) is 9.31. The Bertz CT molecular complexity index is 2880. The topological polar surface area (TPSA) is 192 Å². The van der Waals surface area contributed by atoms with Gasteiger partial charge in [-0.1, -0.05) is 44.5 Å². The number of likely N-dealkylation sites (tertiary alicyclic amines) is 1. The lowest BCUT2D eigenvalue weighted by Crippen LogP contribution is -2.63. The van der Waals surface area contributed by atoms with E-state index in [2.05, 4.69) is 67.9 Å². The summed E-state index contributed by atoms with van der Waals surface area (Å²) in [7, 11) is -4.72. The van der Waals surface area contributed by atoms with Gasteiger partial charge >= 0.3 is 0 Å². The number of nitro benzene ring substituents is 1. The quantitative estimate of drug-likeness (QED) is 0.0726. The minimum atomic E-state index is -4.72. The summed E-state index contributed by atoms with van der Waals surface area (Å²) in [6.45, 7) is 11.9. The summed E-state index contributed by atoms with van der Waals surface area (Å²) >= 11 is 0. The first-order valence-electron chi connectivity index (χ1n) is 24.0. The van der Waals surface area contributed by atoms with Gasteiger partial charge in [0.2, 0.25) is 0 Å². The number of rotatable bonds is 11. The van der Waals surface area contributed by atoms with Crippen molar-refractivity contribution < 1.29 is 37.1 Å². The van der Waals surface area contributed by atoms with Gasteiger partial charge in [0.05, 0.1) is 38.1 Å². The number of H-pyrrole nitrogens is 1. The van der Waals surface area contributed by atoms with Gasteiger partial charge < -0.3 is 29.8 Å². The summed E-state index contributed by atoms with van der Waals surface area (Å²) < 4.78 is 57.3. The van der Waals surface area contributed by atoms with Crippen LogP contribution in [0.15, 0.2) is 71.8 Å². The molecule has 4 fully saturated rings. The second-order valence-corrected chi connectivity index (χ2v) is 22.3. The summed E-state index contributed by atoms with van der Waals surface area (Å²) in [5.41, 5.74) is 3.35. The number of aliphatic hydroxyl groups is 1. The van der Waals surface area contributed by atoms with Crippen LogP contribution in [0.25, 0.3) is 11.0 Å². The van der Waals surface area contributed by atoms with E-state index in [1.54, 1.807) is 26.0 Å². The SMILES string of the molecule is Cc1nc2[nH]cc(F)c2cc1Oc1cc(N2CCC3(CC2)CN([C@@H]2CCC[C@@H]2c2ccccc2C(C)C)C3)ccc1C(=O)NS(=O)(=O)c1cc2c(c([N+](=O)[O-])c1)N[C@@H](C1CCC(C)(O)CC1)CO2. The van der Waals surface area contributed by atoms with Crippen molar-refractivity contribution in [2.24, 2.45) is 11.3 Å². The molecule has 15 nitrogen and oxygen atoms in total. The van der Waals surface area contributed by atoms with Crippen LogP contribution in [0.2, 0.25) is 0 Å². The number of amides is 1. The molecule has 360 valence electrons. The number of anilines is 2. The molecule has 3 aromatic carbocycles. The van der Waals surface area contributed by atoms with E-state index in [4.69, 9.17) is 9.47 Å². The molecule has 2 aliphatic carbocycles. The van der Waals surface area contributed by atoms with Gasteiger partial charge in [-0.3, -0.25) is 19.8 Å². The Morgan fingerprint density at radius 2 is 1.78 bits per heavy atom. The van der Waals surface area contributed by atoms with E-state index in [0.29, 0.717) is 54.9 Å². The molecule has 1 spiro atoms. The van der Waals surface area contributed by atoms with Gasteiger partial charge in [-0.2, -0.15) is 0 Å². The maximum absolute atomic E-state index is 14.8. The zero-order chi connectivity index (χ0) is 47.7. The third kappa shape index (κ3) is 8.77. The Morgan fingerprint density at radius 3 is 2.51 bits per heavy atom. The number of aryl methyl sites for hydroxylation is 1. The van der Waals surface area contributed by atoms with Crippen molar-refractivity contribution >= 4 is 44.0 Å². The summed E-state index contributed by atoms with van der Waals surface area (Å²) in [5, 5.41) is 26.3. The fourth-order valence-corrected chi connectivity index (χ4v) is 12.7. The van der Waals surface area contributed by atoms with Crippen molar-refractivity contribution in [3.63, 3.8) is 0 Å². The van der Waals surface area contributed by atoms with Crippen LogP contribution in [-0.2, 0) is 10.0 Å². The molecule has 1 amide bonds. The van der Waals surface area contributed by atoms with Crippen LogP contribution in [0.5, 0.6) is 17.2 Å². The minimum absolute atomic E-state index is 0.0251. The summed E-state index contributed by atoms with van der Waals surface area (Å²) in [4.78, 5) is 37.6. The summed E-state index contributed by atoms with van der Waals surface area (Å²) in [6, 6.07) is 17.8. The fraction of sp³-hybridized carbons (Fsp3) is 0.490. The first kappa shape index (κ1) is 46.0. The highest BCUT2D eigenvalue weighted by molar-refractivity contribution is 7.90. The molecule has 0 unspecified atom stereocenters. The number of piperidine rings is 1. The first-order valence-corrected chi connectivity index (χ1v) is 25.5. The molecular formula is C51H60FN7O8S. The smallest absolute Gasteiger partial charge is 0.297 e. The first-order chi connectivity index (χ1) is 32.5. The Morgan fingerprint density at radius 1 is 1.03 bits per heavy atom. The molecule has 5 aromatic rings. The number of carbonyl (C=O) groups is 1. The normalized spacial score (nSPS) is 24.8. The van der Waals surface area contributed by atoms with E-state index < -0.39 is 42.9 Å². The average molecular weight is 950 g/mol. The second-order valence-electron chi connectivity index (χ2n) is 20.6. The molecule has 2 saturated carbocycles. The number of nitro groups is 1. The maximum Gasteiger partial charge on any atom is 0.297 e. The highest BCUT2D eigenvalue weighted by Crippen LogP contribution is 2.49. The number of sulfonamides is 1. The predicted molar refractivity (Wildman–Crippen MR) is 257 cm³/mol. The molecule has 0 radical (unpaired) electrons. The largest absolute Gasteiger partial charge is 0.489 e. The number of aromatic nitrogens is 2.